The first kappa shape index (κ1) is 20.9. The van der Waals surface area contributed by atoms with Gasteiger partial charge < -0.3 is 24.1 Å². The predicted octanol–water partition coefficient (Wildman–Crippen LogP) is 4.44. The van der Waals surface area contributed by atoms with Gasteiger partial charge in [0.15, 0.2) is 6.61 Å². The fourth-order valence-electron chi connectivity index (χ4n) is 3.05. The molecule has 32 heavy (non-hydrogen) atoms. The van der Waals surface area contributed by atoms with Crippen LogP contribution in [0.15, 0.2) is 77.3 Å². The summed E-state index contributed by atoms with van der Waals surface area (Å²) in [5.41, 5.74) is 1.92. The first-order valence-corrected chi connectivity index (χ1v) is 9.81. The maximum Gasteiger partial charge on any atom is 0.262 e. The minimum Gasteiger partial charge on any atom is -0.497 e. The molecular weight excluding hydrogens is 410 g/mol. The van der Waals surface area contributed by atoms with Crippen LogP contribution < -0.4 is 19.5 Å². The van der Waals surface area contributed by atoms with Gasteiger partial charge in [-0.2, -0.15) is 4.98 Å². The molecule has 4 aromatic rings. The highest BCUT2D eigenvalue weighted by Gasteiger charge is 2.16. The topological polar surface area (TPSA) is 95.7 Å². The number of nitrogens with zero attached hydrogens (tertiary/aromatic N) is 2. The summed E-state index contributed by atoms with van der Waals surface area (Å²) in [6.45, 7) is -0.225. The highest BCUT2D eigenvalue weighted by atomic mass is 16.5. The number of para-hydroxylation sites is 1. The Morgan fingerprint density at radius 1 is 0.938 bits per heavy atom. The van der Waals surface area contributed by atoms with E-state index >= 15 is 0 Å². The van der Waals surface area contributed by atoms with Gasteiger partial charge in [0.2, 0.25) is 5.82 Å². The van der Waals surface area contributed by atoms with Crippen LogP contribution in [0.4, 0.5) is 5.69 Å². The molecule has 0 aliphatic carbocycles. The summed E-state index contributed by atoms with van der Waals surface area (Å²) >= 11 is 0. The Kier molecular flexibility index (Phi) is 6.31. The van der Waals surface area contributed by atoms with Crippen LogP contribution in [0.2, 0.25) is 0 Å². The van der Waals surface area contributed by atoms with Crippen LogP contribution in [0.25, 0.3) is 22.8 Å². The van der Waals surface area contributed by atoms with Crippen molar-refractivity contribution in [3.63, 3.8) is 0 Å². The standard InChI is InChI=1S/C24H21N3O5/c1-29-17-12-13-21(30-2)19(14-17)25-22(28)15-31-20-11-7-6-10-18(20)24-26-23(27-32-24)16-8-4-3-5-9-16/h3-14H,15H2,1-2H3,(H,25,28). The second-order valence-electron chi connectivity index (χ2n) is 6.69. The van der Waals surface area contributed by atoms with Crippen LogP contribution in [-0.4, -0.2) is 36.9 Å². The zero-order valence-electron chi connectivity index (χ0n) is 17.6. The molecular formula is C24H21N3O5. The second-order valence-corrected chi connectivity index (χ2v) is 6.69. The molecule has 0 saturated heterocycles. The van der Waals surface area contributed by atoms with Gasteiger partial charge in [-0.1, -0.05) is 47.6 Å². The number of amides is 1. The smallest absolute Gasteiger partial charge is 0.262 e. The number of hydrogen-bond acceptors (Lipinski definition) is 7. The molecule has 8 heteroatoms. The highest BCUT2D eigenvalue weighted by molar-refractivity contribution is 5.93. The number of benzene rings is 3. The van der Waals surface area contributed by atoms with Gasteiger partial charge in [0, 0.05) is 11.6 Å². The highest BCUT2D eigenvalue weighted by Crippen LogP contribution is 2.31. The molecule has 0 radical (unpaired) electrons. The third kappa shape index (κ3) is 4.70. The summed E-state index contributed by atoms with van der Waals surface area (Å²) in [6, 6.07) is 21.8. The van der Waals surface area contributed by atoms with Crippen LogP contribution in [0.5, 0.6) is 17.2 Å². The third-order valence-electron chi connectivity index (χ3n) is 4.61. The predicted molar refractivity (Wildman–Crippen MR) is 119 cm³/mol. The second kappa shape index (κ2) is 9.65. The molecule has 1 aromatic heterocycles. The van der Waals surface area contributed by atoms with Crippen molar-refractivity contribution in [1.29, 1.82) is 0 Å². The minimum absolute atomic E-state index is 0.225. The van der Waals surface area contributed by atoms with Crippen LogP contribution in [-0.2, 0) is 4.79 Å². The molecule has 8 nitrogen and oxygen atoms in total. The number of rotatable bonds is 8. The number of aromatic nitrogens is 2. The van der Waals surface area contributed by atoms with E-state index in [-0.39, 0.29) is 12.5 Å². The molecule has 0 fully saturated rings. The fourth-order valence-corrected chi connectivity index (χ4v) is 3.05. The van der Waals surface area contributed by atoms with Crippen LogP contribution in [0, 0.1) is 0 Å². The summed E-state index contributed by atoms with van der Waals surface area (Å²) in [5, 5.41) is 6.81. The third-order valence-corrected chi connectivity index (χ3v) is 4.61. The van der Waals surface area contributed by atoms with Crippen molar-refractivity contribution in [2.45, 2.75) is 0 Å². The molecule has 4 rings (SSSR count). The lowest BCUT2D eigenvalue weighted by molar-refractivity contribution is -0.118. The molecule has 3 aromatic carbocycles. The molecule has 0 aliphatic rings. The average molecular weight is 431 g/mol. The van der Waals surface area contributed by atoms with E-state index in [1.165, 1.54) is 7.11 Å². The van der Waals surface area contributed by atoms with Crippen LogP contribution in [0.1, 0.15) is 0 Å². The van der Waals surface area contributed by atoms with Gasteiger partial charge in [0.1, 0.15) is 17.2 Å². The summed E-state index contributed by atoms with van der Waals surface area (Å²) < 4.78 is 21.7. The van der Waals surface area contributed by atoms with Crippen LogP contribution >= 0.6 is 0 Å². The average Bonchev–Trinajstić information content (AvgIpc) is 3.33. The van der Waals surface area contributed by atoms with Gasteiger partial charge in [-0.05, 0) is 24.3 Å². The number of nitrogens with one attached hydrogen (secondary N) is 1. The summed E-state index contributed by atoms with van der Waals surface area (Å²) in [6.07, 6.45) is 0. The Labute approximate surface area is 184 Å². The minimum atomic E-state index is -0.359. The SMILES string of the molecule is COc1ccc(OC)c(NC(=O)COc2ccccc2-c2nc(-c3ccccc3)no2)c1. The normalized spacial score (nSPS) is 10.4. The Balaban J connectivity index is 1.48. The van der Waals surface area contributed by atoms with Crippen molar-refractivity contribution >= 4 is 11.6 Å². The van der Waals surface area contributed by atoms with Crippen molar-refractivity contribution in [1.82, 2.24) is 10.1 Å². The zero-order chi connectivity index (χ0) is 22.3. The molecule has 0 saturated carbocycles. The van der Waals surface area contributed by atoms with E-state index in [1.54, 1.807) is 43.5 Å². The lowest BCUT2D eigenvalue weighted by Gasteiger charge is -2.13. The molecule has 0 aliphatic heterocycles. The lowest BCUT2D eigenvalue weighted by Crippen LogP contribution is -2.20. The van der Waals surface area contributed by atoms with E-state index < -0.39 is 0 Å². The van der Waals surface area contributed by atoms with Crippen molar-refractivity contribution in [3.05, 3.63) is 72.8 Å². The van der Waals surface area contributed by atoms with Gasteiger partial charge in [-0.3, -0.25) is 4.79 Å². The Morgan fingerprint density at radius 2 is 1.72 bits per heavy atom. The number of methoxy groups -OCH3 is 2. The number of ether oxygens (including phenoxy) is 3. The van der Waals surface area contributed by atoms with Gasteiger partial charge in [0.25, 0.3) is 11.8 Å². The Morgan fingerprint density at radius 3 is 2.50 bits per heavy atom. The molecule has 162 valence electrons. The number of anilines is 1. The van der Waals surface area contributed by atoms with Crippen molar-refractivity contribution < 1.29 is 23.5 Å². The van der Waals surface area contributed by atoms with E-state index in [2.05, 4.69) is 15.5 Å². The Hall–Kier alpha value is -4.33. The fraction of sp³-hybridized carbons (Fsp3) is 0.125. The molecule has 1 heterocycles. The number of carbonyl (C=O) groups excluding carboxylic acids is 1. The molecule has 0 unspecified atom stereocenters. The molecule has 0 spiro atoms. The van der Waals surface area contributed by atoms with Gasteiger partial charge in [-0.15, -0.1) is 0 Å². The van der Waals surface area contributed by atoms with E-state index in [0.29, 0.717) is 40.2 Å². The van der Waals surface area contributed by atoms with Crippen LogP contribution in [0.3, 0.4) is 0 Å². The summed E-state index contributed by atoms with van der Waals surface area (Å²) in [7, 11) is 3.08. The molecule has 0 bridgehead atoms. The lowest BCUT2D eigenvalue weighted by atomic mass is 10.2. The zero-order valence-corrected chi connectivity index (χ0v) is 17.6. The van der Waals surface area contributed by atoms with E-state index in [1.807, 2.05) is 36.4 Å². The summed E-state index contributed by atoms with van der Waals surface area (Å²) in [4.78, 5) is 17.0. The van der Waals surface area contributed by atoms with E-state index in [0.717, 1.165) is 5.56 Å². The maximum atomic E-state index is 12.5. The van der Waals surface area contributed by atoms with Gasteiger partial charge >= 0.3 is 0 Å². The molecule has 1 N–H and O–H groups in total. The first-order valence-electron chi connectivity index (χ1n) is 9.81. The van der Waals surface area contributed by atoms with Gasteiger partial charge in [0.05, 0.1) is 25.5 Å². The number of carbonyl (C=O) groups is 1. The largest absolute Gasteiger partial charge is 0.497 e. The van der Waals surface area contributed by atoms with Gasteiger partial charge in [-0.25, -0.2) is 0 Å². The summed E-state index contributed by atoms with van der Waals surface area (Å²) in [5.74, 6) is 1.97. The first-order chi connectivity index (χ1) is 15.7. The molecule has 1 amide bonds. The van der Waals surface area contributed by atoms with Crippen molar-refractivity contribution in [2.24, 2.45) is 0 Å². The Bertz CT molecular complexity index is 1210. The number of hydrogen-bond donors (Lipinski definition) is 1. The van der Waals surface area contributed by atoms with Crippen molar-refractivity contribution in [3.8, 4) is 40.1 Å². The monoisotopic (exact) mass is 431 g/mol. The van der Waals surface area contributed by atoms with E-state index in [9.17, 15) is 4.79 Å². The molecule has 0 atom stereocenters. The van der Waals surface area contributed by atoms with E-state index in [4.69, 9.17) is 18.7 Å². The quantitative estimate of drug-likeness (QED) is 0.441. The maximum absolute atomic E-state index is 12.5. The van der Waals surface area contributed by atoms with Crippen molar-refractivity contribution in [2.75, 3.05) is 26.1 Å².